The number of ether oxygens (including phenoxy) is 1. The van der Waals surface area contributed by atoms with Crippen molar-refractivity contribution in [2.75, 3.05) is 25.0 Å². The van der Waals surface area contributed by atoms with Gasteiger partial charge < -0.3 is 10.1 Å². The minimum atomic E-state index is -3.59. The molecule has 1 heterocycles. The van der Waals surface area contributed by atoms with E-state index in [0.717, 1.165) is 24.0 Å². The van der Waals surface area contributed by atoms with Crippen molar-refractivity contribution >= 4 is 39.2 Å². The number of nitrogens with one attached hydrogen (secondary N) is 1. The quantitative estimate of drug-likeness (QED) is 0.629. The lowest BCUT2D eigenvalue weighted by Crippen LogP contribution is -2.37. The molecule has 2 aromatic rings. The number of anilines is 1. The number of carbonyl (C=O) groups is 2. The average Bonchev–Trinajstić information content (AvgIpc) is 2.75. The number of hydrogen-bond acceptors (Lipinski definition) is 5. The van der Waals surface area contributed by atoms with Gasteiger partial charge in [0.1, 0.15) is 0 Å². The summed E-state index contributed by atoms with van der Waals surface area (Å²) in [5.41, 5.74) is 2.40. The fraction of sp³-hybridized carbons (Fsp3) is 0.391. The number of sulfonamides is 1. The van der Waals surface area contributed by atoms with Crippen molar-refractivity contribution in [3.05, 3.63) is 58.1 Å². The van der Waals surface area contributed by atoms with Gasteiger partial charge in [0.2, 0.25) is 10.0 Å². The van der Waals surface area contributed by atoms with Crippen molar-refractivity contribution in [2.45, 2.75) is 38.5 Å². The fourth-order valence-corrected chi connectivity index (χ4v) is 5.44. The monoisotopic (exact) mass is 478 g/mol. The van der Waals surface area contributed by atoms with Gasteiger partial charge in [-0.25, -0.2) is 13.2 Å². The average molecular weight is 479 g/mol. The summed E-state index contributed by atoms with van der Waals surface area (Å²) in [4.78, 5) is 24.6. The second kappa shape index (κ2) is 10.0. The fourth-order valence-electron chi connectivity index (χ4n) is 3.60. The number of aryl methyl sites for hydroxylation is 2. The van der Waals surface area contributed by atoms with Crippen LogP contribution in [0.25, 0.3) is 0 Å². The Balaban J connectivity index is 1.58. The molecule has 1 aliphatic heterocycles. The number of esters is 1. The summed E-state index contributed by atoms with van der Waals surface area (Å²) in [5.74, 6) is -0.727. The van der Waals surface area contributed by atoms with E-state index < -0.39 is 28.5 Å². The third-order valence-corrected chi connectivity index (χ3v) is 7.71. The lowest BCUT2D eigenvalue weighted by Gasteiger charge is -2.29. The van der Waals surface area contributed by atoms with Gasteiger partial charge in [-0.3, -0.25) is 4.79 Å². The molecule has 1 N–H and O–H groups in total. The van der Waals surface area contributed by atoms with E-state index in [-0.39, 0.29) is 10.5 Å². The molecule has 9 heteroatoms. The molecule has 2 aromatic carbocycles. The summed E-state index contributed by atoms with van der Waals surface area (Å²) in [6, 6.07) is 9.17. The van der Waals surface area contributed by atoms with Gasteiger partial charge in [-0.05, 0) is 74.1 Å². The van der Waals surface area contributed by atoms with Crippen LogP contribution in [0, 0.1) is 19.8 Å². The van der Waals surface area contributed by atoms with Gasteiger partial charge in [-0.2, -0.15) is 4.31 Å². The molecule has 0 bridgehead atoms. The summed E-state index contributed by atoms with van der Waals surface area (Å²) in [5, 5.41) is 3.05. The molecule has 0 spiro atoms. The highest BCUT2D eigenvalue weighted by Gasteiger charge is 2.28. The minimum absolute atomic E-state index is 0.130. The summed E-state index contributed by atoms with van der Waals surface area (Å²) < 4.78 is 32.1. The molecule has 0 saturated carbocycles. The smallest absolute Gasteiger partial charge is 0.338 e. The van der Waals surface area contributed by atoms with E-state index in [4.69, 9.17) is 16.3 Å². The highest BCUT2D eigenvalue weighted by molar-refractivity contribution is 7.89. The molecule has 1 fully saturated rings. The van der Waals surface area contributed by atoms with Gasteiger partial charge in [-0.15, -0.1) is 0 Å². The number of piperidine rings is 1. The third-order valence-electron chi connectivity index (χ3n) is 5.50. The predicted molar refractivity (Wildman–Crippen MR) is 123 cm³/mol. The van der Waals surface area contributed by atoms with Gasteiger partial charge in [-0.1, -0.05) is 24.6 Å². The first-order valence-electron chi connectivity index (χ1n) is 10.4. The summed E-state index contributed by atoms with van der Waals surface area (Å²) in [6.07, 6.45) is 1.66. The zero-order chi connectivity index (χ0) is 23.5. The minimum Gasteiger partial charge on any atom is -0.452 e. The van der Waals surface area contributed by atoms with Crippen molar-refractivity contribution < 1.29 is 22.7 Å². The lowest BCUT2D eigenvalue weighted by atomic mass is 10.0. The number of carbonyl (C=O) groups excluding carboxylic acids is 2. The molecule has 0 atom stereocenters. The van der Waals surface area contributed by atoms with Crippen molar-refractivity contribution in [3.8, 4) is 0 Å². The van der Waals surface area contributed by atoms with E-state index in [1.165, 1.54) is 28.6 Å². The van der Waals surface area contributed by atoms with Crippen LogP contribution in [0.4, 0.5) is 5.69 Å². The van der Waals surface area contributed by atoms with Crippen molar-refractivity contribution in [1.82, 2.24) is 4.31 Å². The number of halogens is 1. The van der Waals surface area contributed by atoms with E-state index in [1.54, 1.807) is 6.07 Å². The topological polar surface area (TPSA) is 92.8 Å². The van der Waals surface area contributed by atoms with E-state index in [9.17, 15) is 18.0 Å². The SMILES string of the molecule is Cc1cc(C)c(NC(=O)COC(=O)c2ccc(S(=O)(=O)N3CCC(C)CC3)cc2)c(Cl)c1. The van der Waals surface area contributed by atoms with E-state index >= 15 is 0 Å². The Hall–Kier alpha value is -2.42. The Morgan fingerprint density at radius 3 is 2.34 bits per heavy atom. The molecule has 0 aliphatic carbocycles. The summed E-state index contributed by atoms with van der Waals surface area (Å²) in [6.45, 7) is 6.33. The van der Waals surface area contributed by atoms with Crippen LogP contribution in [0.3, 0.4) is 0 Å². The molecule has 0 radical (unpaired) electrons. The maximum Gasteiger partial charge on any atom is 0.338 e. The van der Waals surface area contributed by atoms with Gasteiger partial charge in [0.05, 0.1) is 21.2 Å². The molecule has 32 heavy (non-hydrogen) atoms. The molecule has 1 saturated heterocycles. The van der Waals surface area contributed by atoms with Gasteiger partial charge in [0.25, 0.3) is 5.91 Å². The standard InChI is InChI=1S/C23H27ClN2O5S/c1-15-8-10-26(11-9-15)32(29,30)19-6-4-18(5-7-19)23(28)31-14-21(27)25-22-17(3)12-16(2)13-20(22)24/h4-7,12-13,15H,8-11,14H2,1-3H3,(H,25,27). The first-order chi connectivity index (χ1) is 15.1. The first-order valence-corrected chi connectivity index (χ1v) is 12.2. The molecular weight excluding hydrogens is 452 g/mol. The first kappa shape index (κ1) is 24.2. The zero-order valence-electron chi connectivity index (χ0n) is 18.4. The molecular formula is C23H27ClN2O5S. The largest absolute Gasteiger partial charge is 0.452 e. The second-order valence-corrected chi connectivity index (χ2v) is 10.5. The number of hydrogen-bond donors (Lipinski definition) is 1. The van der Waals surface area contributed by atoms with Crippen LogP contribution < -0.4 is 5.32 Å². The number of nitrogens with zero attached hydrogens (tertiary/aromatic N) is 1. The van der Waals surface area contributed by atoms with Gasteiger partial charge in [0.15, 0.2) is 6.61 Å². The molecule has 0 aromatic heterocycles. The van der Waals surface area contributed by atoms with Gasteiger partial charge >= 0.3 is 5.97 Å². The van der Waals surface area contributed by atoms with E-state index in [0.29, 0.717) is 29.7 Å². The van der Waals surface area contributed by atoms with Crippen LogP contribution in [0.1, 0.15) is 41.3 Å². The molecule has 1 amide bonds. The van der Waals surface area contributed by atoms with Crippen LogP contribution >= 0.6 is 11.6 Å². The third kappa shape index (κ3) is 5.68. The predicted octanol–water partition coefficient (Wildman–Crippen LogP) is 4.17. The Morgan fingerprint density at radius 1 is 1.12 bits per heavy atom. The number of rotatable bonds is 6. The van der Waals surface area contributed by atoms with Crippen LogP contribution in [-0.2, 0) is 19.6 Å². The summed E-state index contributed by atoms with van der Waals surface area (Å²) >= 11 is 6.18. The maximum absolute atomic E-state index is 12.8. The molecule has 1 aliphatic rings. The number of benzene rings is 2. The molecule has 172 valence electrons. The second-order valence-electron chi connectivity index (χ2n) is 8.17. The lowest BCUT2D eigenvalue weighted by molar-refractivity contribution is -0.119. The van der Waals surface area contributed by atoms with Crippen LogP contribution in [0.5, 0.6) is 0 Å². The molecule has 3 rings (SSSR count). The summed E-state index contributed by atoms with van der Waals surface area (Å²) in [7, 11) is -3.59. The molecule has 7 nitrogen and oxygen atoms in total. The highest BCUT2D eigenvalue weighted by Crippen LogP contribution is 2.27. The Morgan fingerprint density at radius 2 is 1.75 bits per heavy atom. The Labute approximate surface area is 193 Å². The van der Waals surface area contributed by atoms with Crippen LogP contribution in [0.2, 0.25) is 5.02 Å². The maximum atomic E-state index is 12.8. The van der Waals surface area contributed by atoms with E-state index in [2.05, 4.69) is 12.2 Å². The Kier molecular flexibility index (Phi) is 7.59. The van der Waals surface area contributed by atoms with Crippen LogP contribution in [0.15, 0.2) is 41.3 Å². The normalized spacial score (nSPS) is 15.4. The van der Waals surface area contributed by atoms with Crippen molar-refractivity contribution in [1.29, 1.82) is 0 Å². The highest BCUT2D eigenvalue weighted by atomic mass is 35.5. The van der Waals surface area contributed by atoms with E-state index in [1.807, 2.05) is 19.9 Å². The molecule has 0 unspecified atom stereocenters. The van der Waals surface area contributed by atoms with Crippen LogP contribution in [-0.4, -0.2) is 44.3 Å². The van der Waals surface area contributed by atoms with Crippen molar-refractivity contribution in [2.24, 2.45) is 5.92 Å². The number of amides is 1. The van der Waals surface area contributed by atoms with Gasteiger partial charge in [0, 0.05) is 13.1 Å². The zero-order valence-corrected chi connectivity index (χ0v) is 19.9. The Bertz CT molecular complexity index is 1080. The van der Waals surface area contributed by atoms with Crippen molar-refractivity contribution in [3.63, 3.8) is 0 Å².